The Hall–Kier alpha value is -2.55. The number of para-hydroxylation sites is 1. The van der Waals surface area contributed by atoms with Gasteiger partial charge in [0.1, 0.15) is 0 Å². The molecule has 1 amide bonds. The number of carbonyl (C=O) groups excluding carboxylic acids is 1. The molecular weight excluding hydrogens is 296 g/mol. The van der Waals surface area contributed by atoms with Gasteiger partial charge >= 0.3 is 0 Å². The van der Waals surface area contributed by atoms with Crippen LogP contribution in [0.1, 0.15) is 36.8 Å². The summed E-state index contributed by atoms with van der Waals surface area (Å²) in [6.07, 6.45) is 4.34. The van der Waals surface area contributed by atoms with Crippen LogP contribution in [-0.4, -0.2) is 17.4 Å². The molecule has 2 aromatic carbocycles. The summed E-state index contributed by atoms with van der Waals surface area (Å²) in [6.45, 7) is 2.86. The van der Waals surface area contributed by atoms with Crippen molar-refractivity contribution in [3.8, 4) is 0 Å². The highest BCUT2D eigenvalue weighted by molar-refractivity contribution is 5.83. The number of H-pyrrole nitrogens is 1. The van der Waals surface area contributed by atoms with Gasteiger partial charge < -0.3 is 10.3 Å². The number of nitrogens with one attached hydrogen (secondary N) is 2. The average Bonchev–Trinajstić information content (AvgIpc) is 3.04. The van der Waals surface area contributed by atoms with E-state index in [4.69, 9.17) is 0 Å². The molecule has 3 heteroatoms. The first kappa shape index (κ1) is 16.3. The molecule has 3 rings (SSSR count). The van der Waals surface area contributed by atoms with Gasteiger partial charge in [-0.3, -0.25) is 4.79 Å². The summed E-state index contributed by atoms with van der Waals surface area (Å²) in [5.41, 5.74) is 3.70. The zero-order valence-electron chi connectivity index (χ0n) is 14.1. The maximum Gasteiger partial charge on any atom is 0.220 e. The van der Waals surface area contributed by atoms with Crippen LogP contribution >= 0.6 is 0 Å². The molecule has 0 bridgehead atoms. The monoisotopic (exact) mass is 320 g/mol. The van der Waals surface area contributed by atoms with E-state index >= 15 is 0 Å². The molecule has 124 valence electrons. The van der Waals surface area contributed by atoms with Crippen LogP contribution in [0.2, 0.25) is 0 Å². The summed E-state index contributed by atoms with van der Waals surface area (Å²) in [7, 11) is 0. The number of hydrogen-bond acceptors (Lipinski definition) is 1. The number of amides is 1. The molecule has 0 saturated heterocycles. The molecule has 0 fully saturated rings. The van der Waals surface area contributed by atoms with E-state index in [1.54, 1.807) is 0 Å². The Kier molecular flexibility index (Phi) is 5.32. The van der Waals surface area contributed by atoms with E-state index in [1.165, 1.54) is 16.5 Å². The zero-order valence-corrected chi connectivity index (χ0v) is 14.1. The number of hydrogen-bond donors (Lipinski definition) is 2. The maximum atomic E-state index is 12.1. The Morgan fingerprint density at radius 1 is 1.08 bits per heavy atom. The minimum absolute atomic E-state index is 0.137. The number of fused-ring (bicyclic) bond motifs is 1. The standard InChI is InChI=1S/C21H24N2O/c1-16(17-7-3-2-4-8-17)11-12-21(24)22-14-13-18-15-23-20-10-6-5-9-19(18)20/h2-10,15-16,23H,11-14H2,1H3,(H,22,24). The van der Waals surface area contributed by atoms with Crippen LogP contribution in [0, 0.1) is 0 Å². The summed E-state index contributed by atoms with van der Waals surface area (Å²) in [6, 6.07) is 18.6. The first-order valence-electron chi connectivity index (χ1n) is 8.60. The highest BCUT2D eigenvalue weighted by Gasteiger charge is 2.09. The molecular formula is C21H24N2O. The number of benzene rings is 2. The lowest BCUT2D eigenvalue weighted by molar-refractivity contribution is -0.121. The van der Waals surface area contributed by atoms with E-state index in [0.717, 1.165) is 18.4 Å². The van der Waals surface area contributed by atoms with Crippen LogP contribution < -0.4 is 5.32 Å². The molecule has 0 aliphatic rings. The lowest BCUT2D eigenvalue weighted by Gasteiger charge is -2.11. The normalized spacial score (nSPS) is 12.2. The van der Waals surface area contributed by atoms with Gasteiger partial charge in [-0.05, 0) is 36.0 Å². The van der Waals surface area contributed by atoms with Crippen molar-refractivity contribution in [2.45, 2.75) is 32.1 Å². The number of rotatable bonds is 7. The van der Waals surface area contributed by atoms with Crippen molar-refractivity contribution in [2.75, 3.05) is 6.54 Å². The number of carbonyl (C=O) groups is 1. The van der Waals surface area contributed by atoms with E-state index in [9.17, 15) is 4.79 Å². The van der Waals surface area contributed by atoms with Crippen LogP contribution in [0.4, 0.5) is 0 Å². The first-order chi connectivity index (χ1) is 11.7. The van der Waals surface area contributed by atoms with E-state index in [-0.39, 0.29) is 5.91 Å². The lowest BCUT2D eigenvalue weighted by Crippen LogP contribution is -2.25. The highest BCUT2D eigenvalue weighted by Crippen LogP contribution is 2.20. The van der Waals surface area contributed by atoms with Crippen LogP contribution in [0.15, 0.2) is 60.8 Å². The van der Waals surface area contributed by atoms with E-state index in [1.807, 2.05) is 36.5 Å². The highest BCUT2D eigenvalue weighted by atomic mass is 16.1. The fraction of sp³-hybridized carbons (Fsp3) is 0.286. The first-order valence-corrected chi connectivity index (χ1v) is 8.60. The summed E-state index contributed by atoms with van der Waals surface area (Å²) >= 11 is 0. The van der Waals surface area contributed by atoms with Gasteiger partial charge in [0.25, 0.3) is 0 Å². The van der Waals surface area contributed by atoms with Gasteiger partial charge in [0.15, 0.2) is 0 Å². The Balaban J connectivity index is 1.43. The van der Waals surface area contributed by atoms with Crippen molar-refractivity contribution in [3.63, 3.8) is 0 Å². The van der Waals surface area contributed by atoms with Gasteiger partial charge in [-0.2, -0.15) is 0 Å². The van der Waals surface area contributed by atoms with Crippen molar-refractivity contribution in [1.29, 1.82) is 0 Å². The third-order valence-electron chi connectivity index (χ3n) is 4.56. The summed E-state index contributed by atoms with van der Waals surface area (Å²) in [5, 5.41) is 4.28. The minimum Gasteiger partial charge on any atom is -0.361 e. The fourth-order valence-corrected chi connectivity index (χ4v) is 3.06. The van der Waals surface area contributed by atoms with Crippen LogP contribution in [0.5, 0.6) is 0 Å². The average molecular weight is 320 g/mol. The smallest absolute Gasteiger partial charge is 0.220 e. The third kappa shape index (κ3) is 4.05. The Morgan fingerprint density at radius 2 is 1.83 bits per heavy atom. The molecule has 0 aliphatic carbocycles. The molecule has 0 aliphatic heterocycles. The second-order valence-corrected chi connectivity index (χ2v) is 6.31. The Labute approximate surface area is 143 Å². The Morgan fingerprint density at radius 3 is 2.67 bits per heavy atom. The van der Waals surface area contributed by atoms with Gasteiger partial charge in [0.05, 0.1) is 0 Å². The van der Waals surface area contributed by atoms with Crippen molar-refractivity contribution in [1.82, 2.24) is 10.3 Å². The largest absolute Gasteiger partial charge is 0.361 e. The third-order valence-corrected chi connectivity index (χ3v) is 4.56. The van der Waals surface area contributed by atoms with Crippen LogP contribution in [0.25, 0.3) is 10.9 Å². The van der Waals surface area contributed by atoms with Crippen LogP contribution in [-0.2, 0) is 11.2 Å². The molecule has 0 radical (unpaired) electrons. The molecule has 2 N–H and O–H groups in total. The van der Waals surface area contributed by atoms with E-state index in [0.29, 0.717) is 18.9 Å². The van der Waals surface area contributed by atoms with Gasteiger partial charge in [0, 0.05) is 30.1 Å². The summed E-state index contributed by atoms with van der Waals surface area (Å²) in [5.74, 6) is 0.545. The number of aromatic amines is 1. The molecule has 1 aromatic heterocycles. The van der Waals surface area contributed by atoms with Gasteiger partial charge in [-0.15, -0.1) is 0 Å². The van der Waals surface area contributed by atoms with Crippen molar-refractivity contribution >= 4 is 16.8 Å². The van der Waals surface area contributed by atoms with E-state index < -0.39 is 0 Å². The predicted octanol–water partition coefficient (Wildman–Crippen LogP) is 4.41. The topological polar surface area (TPSA) is 44.9 Å². The van der Waals surface area contributed by atoms with E-state index in [2.05, 4.69) is 41.5 Å². The van der Waals surface area contributed by atoms with Crippen molar-refractivity contribution in [2.24, 2.45) is 0 Å². The lowest BCUT2D eigenvalue weighted by atomic mass is 9.96. The predicted molar refractivity (Wildman–Crippen MR) is 99.1 cm³/mol. The quantitative estimate of drug-likeness (QED) is 0.665. The maximum absolute atomic E-state index is 12.1. The molecule has 1 atom stereocenters. The number of aromatic nitrogens is 1. The van der Waals surface area contributed by atoms with Gasteiger partial charge in [0.2, 0.25) is 5.91 Å². The van der Waals surface area contributed by atoms with Crippen molar-refractivity contribution in [3.05, 3.63) is 71.9 Å². The van der Waals surface area contributed by atoms with Gasteiger partial charge in [-0.25, -0.2) is 0 Å². The molecule has 1 unspecified atom stereocenters. The van der Waals surface area contributed by atoms with Gasteiger partial charge in [-0.1, -0.05) is 55.5 Å². The minimum atomic E-state index is 0.137. The zero-order chi connectivity index (χ0) is 16.8. The molecule has 1 heterocycles. The molecule has 0 saturated carbocycles. The van der Waals surface area contributed by atoms with Crippen molar-refractivity contribution < 1.29 is 4.79 Å². The molecule has 3 nitrogen and oxygen atoms in total. The summed E-state index contributed by atoms with van der Waals surface area (Å²) < 4.78 is 0. The second-order valence-electron chi connectivity index (χ2n) is 6.31. The fourth-order valence-electron chi connectivity index (χ4n) is 3.06. The molecule has 0 spiro atoms. The Bertz CT molecular complexity index is 792. The molecule has 3 aromatic rings. The SMILES string of the molecule is CC(CCC(=O)NCCc1c[nH]c2ccccc12)c1ccccc1. The molecule has 24 heavy (non-hydrogen) atoms. The van der Waals surface area contributed by atoms with Crippen LogP contribution in [0.3, 0.4) is 0 Å². The second kappa shape index (κ2) is 7.82. The summed E-state index contributed by atoms with van der Waals surface area (Å²) in [4.78, 5) is 15.3.